The first-order valence-electron chi connectivity index (χ1n) is 13.4. The normalized spacial score (nSPS) is 14.3. The van der Waals surface area contributed by atoms with Crippen LogP contribution in [-0.4, -0.2) is 3.21 Å². The van der Waals surface area contributed by atoms with Gasteiger partial charge in [0.25, 0.3) is 0 Å². The van der Waals surface area contributed by atoms with Crippen molar-refractivity contribution in [3.8, 4) is 11.1 Å². The summed E-state index contributed by atoms with van der Waals surface area (Å²) < 4.78 is 4.79. The van der Waals surface area contributed by atoms with Gasteiger partial charge in [-0.1, -0.05) is 0 Å². The second-order valence-electron chi connectivity index (χ2n) is 10.4. The molecule has 2 aliphatic carbocycles. The number of halogens is 2. The molecular formula is C37H32Cl2Zr. The molecule has 4 aromatic rings. The molecule has 0 radical (unpaired) electrons. The molecule has 0 N–H and O–H groups in total. The second kappa shape index (κ2) is 12.8. The van der Waals surface area contributed by atoms with E-state index in [1.54, 1.807) is 9.76 Å². The van der Waals surface area contributed by atoms with Gasteiger partial charge < -0.3 is 24.8 Å². The molecule has 0 aliphatic heterocycles. The van der Waals surface area contributed by atoms with E-state index in [1.807, 2.05) is 12.2 Å². The predicted octanol–water partition coefficient (Wildman–Crippen LogP) is 2.54. The number of allylic oxidation sites excluding steroid dienone is 4. The van der Waals surface area contributed by atoms with E-state index in [4.69, 9.17) is 0 Å². The van der Waals surface area contributed by atoms with Crippen LogP contribution in [0.15, 0.2) is 125 Å². The third-order valence-electron chi connectivity index (χ3n) is 7.85. The van der Waals surface area contributed by atoms with Gasteiger partial charge in [-0.25, -0.2) is 0 Å². The molecule has 0 saturated heterocycles. The fourth-order valence-electron chi connectivity index (χ4n) is 6.09. The molecule has 2 aliphatic rings. The summed E-state index contributed by atoms with van der Waals surface area (Å²) in [4.78, 5) is 0. The van der Waals surface area contributed by atoms with E-state index in [0.717, 1.165) is 6.42 Å². The Bertz CT molecular complexity index is 1630. The van der Waals surface area contributed by atoms with Gasteiger partial charge in [0.05, 0.1) is 0 Å². The van der Waals surface area contributed by atoms with Crippen molar-refractivity contribution in [2.75, 3.05) is 0 Å². The summed E-state index contributed by atoms with van der Waals surface area (Å²) in [6.45, 7) is 12.9. The van der Waals surface area contributed by atoms with E-state index in [9.17, 15) is 0 Å². The number of hydrogen-bond acceptors (Lipinski definition) is 0. The minimum Gasteiger partial charge on any atom is -1.00 e. The summed E-state index contributed by atoms with van der Waals surface area (Å²) in [5.41, 5.74) is 12.2. The van der Waals surface area contributed by atoms with Crippen molar-refractivity contribution in [1.82, 2.24) is 0 Å². The number of benzene rings is 4. The van der Waals surface area contributed by atoms with E-state index in [1.165, 1.54) is 50.1 Å². The molecule has 198 valence electrons. The van der Waals surface area contributed by atoms with Crippen LogP contribution < -0.4 is 28.1 Å². The summed E-state index contributed by atoms with van der Waals surface area (Å²) >= 11 is -2.72. The van der Waals surface area contributed by atoms with Gasteiger partial charge in [-0.3, -0.25) is 0 Å². The minimum absolute atomic E-state index is 0. The number of fused-ring (bicyclic) bond motifs is 3. The largest absolute Gasteiger partial charge is 1.00 e. The van der Waals surface area contributed by atoms with Crippen molar-refractivity contribution in [2.45, 2.75) is 20.3 Å². The van der Waals surface area contributed by atoms with Crippen LogP contribution in [0.3, 0.4) is 0 Å². The summed E-state index contributed by atoms with van der Waals surface area (Å²) in [5.74, 6) is 0.450. The zero-order valence-electron chi connectivity index (χ0n) is 22.9. The standard InChI is InChI=1S/C17H13.C13H10.C7H9.2ClH.Zr/c1-3-12-5-7-14-11-15-8-6-13(4-2)10-17(15)16(14)9-12;1-3-7-12(8-4-1)11-13-9-5-2-6-10-13;1-6-3-4-7(2)5-6;;;/h3-7,9-10H,1-2,11H2;1-10H;3,5,7H,1-2H3;2*1H;/q;;;;;+2/p-2. The van der Waals surface area contributed by atoms with Crippen LogP contribution in [0.2, 0.25) is 0 Å². The van der Waals surface area contributed by atoms with E-state index in [2.05, 4.69) is 130 Å². The Kier molecular flexibility index (Phi) is 9.63. The van der Waals surface area contributed by atoms with Crippen LogP contribution in [-0.2, 0) is 27.7 Å². The molecule has 6 rings (SSSR count). The average molecular weight is 639 g/mol. The molecular weight excluding hydrogens is 607 g/mol. The molecule has 0 saturated carbocycles. The molecule has 40 heavy (non-hydrogen) atoms. The van der Waals surface area contributed by atoms with E-state index in [0.29, 0.717) is 5.92 Å². The smallest absolute Gasteiger partial charge is 1.00 e. The fourth-order valence-corrected chi connectivity index (χ4v) is 14.8. The van der Waals surface area contributed by atoms with Gasteiger partial charge >= 0.3 is 236 Å². The first kappa shape index (κ1) is 30.1. The van der Waals surface area contributed by atoms with Crippen LogP contribution in [0.4, 0.5) is 0 Å². The van der Waals surface area contributed by atoms with Crippen molar-refractivity contribution in [2.24, 2.45) is 5.92 Å². The Morgan fingerprint density at radius 1 is 0.775 bits per heavy atom. The van der Waals surface area contributed by atoms with Crippen LogP contribution in [0, 0.1) is 5.92 Å². The molecule has 0 fully saturated rings. The van der Waals surface area contributed by atoms with E-state index >= 15 is 0 Å². The van der Waals surface area contributed by atoms with Crippen molar-refractivity contribution in [3.05, 3.63) is 159 Å². The zero-order chi connectivity index (χ0) is 26.2. The maximum atomic E-state index is 4.21. The molecule has 4 aromatic carbocycles. The first-order valence-corrected chi connectivity index (χ1v) is 17.1. The third kappa shape index (κ3) is 5.53. The maximum Gasteiger partial charge on any atom is -1.00 e. The topological polar surface area (TPSA) is 0 Å². The Labute approximate surface area is 258 Å². The van der Waals surface area contributed by atoms with Gasteiger partial charge in [0.2, 0.25) is 0 Å². The zero-order valence-corrected chi connectivity index (χ0v) is 26.9. The van der Waals surface area contributed by atoms with E-state index in [-0.39, 0.29) is 24.8 Å². The molecule has 3 heteroatoms. The van der Waals surface area contributed by atoms with Gasteiger partial charge in [-0.2, -0.15) is 0 Å². The quantitative estimate of drug-likeness (QED) is 0.269. The number of hydrogen-bond donors (Lipinski definition) is 0. The third-order valence-corrected chi connectivity index (χ3v) is 15.8. The van der Waals surface area contributed by atoms with Crippen molar-refractivity contribution < 1.29 is 46.1 Å². The Balaban J connectivity index is 0.00000185. The van der Waals surface area contributed by atoms with Gasteiger partial charge in [-0.15, -0.1) is 0 Å². The van der Waals surface area contributed by atoms with Crippen molar-refractivity contribution in [1.29, 1.82) is 0 Å². The molecule has 1 unspecified atom stereocenters. The molecule has 0 spiro atoms. The Hall–Kier alpha value is -2.83. The summed E-state index contributed by atoms with van der Waals surface area (Å²) in [6.07, 6.45) is 9.93. The monoisotopic (exact) mass is 636 g/mol. The maximum absolute atomic E-state index is 4.21. The molecule has 0 bridgehead atoms. The van der Waals surface area contributed by atoms with Crippen molar-refractivity contribution >= 4 is 18.6 Å². The summed E-state index contributed by atoms with van der Waals surface area (Å²) in [7, 11) is 0. The molecule has 0 aromatic heterocycles. The fraction of sp³-hybridized carbons (Fsp3) is 0.108. The molecule has 1 atom stereocenters. The predicted molar refractivity (Wildman–Crippen MR) is 162 cm³/mol. The number of rotatable bonds is 6. The average Bonchev–Trinajstić information content (AvgIpc) is 3.49. The molecule has 0 nitrogen and oxygen atoms in total. The Morgan fingerprint density at radius 2 is 1.38 bits per heavy atom. The van der Waals surface area contributed by atoms with Gasteiger partial charge in [0.15, 0.2) is 0 Å². The SMILES string of the molecule is C=Cc1ccc2c(c1)-c1cc(C=C)c[c]([Zr+2]([C]3=CC(C)=CC3C)=[C](c3ccccc3)c3ccccc3)c1C2.[Cl-].[Cl-]. The van der Waals surface area contributed by atoms with Crippen LogP contribution >= 0.6 is 0 Å². The van der Waals surface area contributed by atoms with Crippen LogP contribution in [0.25, 0.3) is 23.3 Å². The van der Waals surface area contributed by atoms with Crippen LogP contribution in [0.1, 0.15) is 47.2 Å². The van der Waals surface area contributed by atoms with Gasteiger partial charge in [0, 0.05) is 0 Å². The van der Waals surface area contributed by atoms with Gasteiger partial charge in [0.1, 0.15) is 0 Å². The molecule has 0 heterocycles. The van der Waals surface area contributed by atoms with E-state index < -0.39 is 21.3 Å². The summed E-state index contributed by atoms with van der Waals surface area (Å²) in [6, 6.07) is 33.9. The first-order chi connectivity index (χ1) is 18.6. The second-order valence-corrected chi connectivity index (χ2v) is 16.2. The van der Waals surface area contributed by atoms with Crippen LogP contribution in [0.5, 0.6) is 0 Å². The Morgan fingerprint density at radius 3 is 1.93 bits per heavy atom. The van der Waals surface area contributed by atoms with Gasteiger partial charge in [-0.05, 0) is 0 Å². The van der Waals surface area contributed by atoms with Crippen molar-refractivity contribution in [3.63, 3.8) is 0 Å². The summed E-state index contributed by atoms with van der Waals surface area (Å²) in [5, 5.41) is 0. The molecule has 0 amide bonds. The minimum atomic E-state index is -2.72.